The summed E-state index contributed by atoms with van der Waals surface area (Å²) in [6.07, 6.45) is 70.5. The summed E-state index contributed by atoms with van der Waals surface area (Å²) in [5.41, 5.74) is -3.82. The summed E-state index contributed by atoms with van der Waals surface area (Å²) in [4.78, 5) is 14.1. The molecule has 8 heteroatoms. The number of hydrogen-bond acceptors (Lipinski definition) is 8. The van der Waals surface area contributed by atoms with E-state index in [1.165, 1.54) is 257 Å². The predicted molar refractivity (Wildman–Crippen MR) is 569 cm³/mol. The molecule has 0 aromatic rings. The standard InChI is InChI=1S/C122H238O8/c1-92(2)50-32-56-98(13)62-38-68-104(19)74-44-86-117(26,124)111-80-81-113(126-111)120(29,89-47-77-107(22)71-41-65-101(16)59-35-53-95(7)8)130-122(31,91-49-79-109(24)73-43-67-103(18)61-37-55-97(11)12)115-83-82-114(127-115)121(30,90-48-78-108(23)72-42-66-102(17)60-36-54-96(9)10)129-119(28,88-46-76-106(21)70-40-64-100(15)58-34-52-94(5)6)112(125-110(25)123)84-85-116-118(27,128-116)87-45-75-105(20)69-39-63-99(14)57-33-51-93(3)4/h92-109,111-116,124H,32-91H2,1-31H3/t98-,99-,100-,101-,102-,103-,104-,105-,106-,107-,108-,109-,111-,112?,113-,114-,115-,116?,117?,118?,119?,120?,121?,122?/m1/s1. The largest absolute Gasteiger partial charge is 0.459 e. The van der Waals surface area contributed by atoms with Crippen molar-refractivity contribution in [3.8, 4) is 0 Å². The van der Waals surface area contributed by atoms with E-state index < -0.39 is 34.1 Å². The van der Waals surface area contributed by atoms with Crippen molar-refractivity contribution in [1.29, 1.82) is 0 Å². The van der Waals surface area contributed by atoms with Crippen molar-refractivity contribution in [1.82, 2.24) is 0 Å². The van der Waals surface area contributed by atoms with E-state index in [0.717, 1.165) is 199 Å². The number of aliphatic hydroxyl groups is 1. The third kappa shape index (κ3) is 55.4. The maximum Gasteiger partial charge on any atom is 0.303 e. The molecule has 774 valence electrons. The monoisotopic (exact) mass is 1830 g/mol. The first-order valence-electron chi connectivity index (χ1n) is 58.5. The molecular formula is C122H238O8. The molecule has 3 heterocycles. The van der Waals surface area contributed by atoms with Crippen LogP contribution in [0, 0.1) is 107 Å². The van der Waals surface area contributed by atoms with Gasteiger partial charge in [-0.15, -0.1) is 0 Å². The van der Waals surface area contributed by atoms with Crippen LogP contribution in [0.15, 0.2) is 0 Å². The highest BCUT2D eigenvalue weighted by atomic mass is 16.6. The minimum Gasteiger partial charge on any atom is -0.459 e. The minimum atomic E-state index is -0.927. The van der Waals surface area contributed by atoms with Gasteiger partial charge < -0.3 is 33.5 Å². The van der Waals surface area contributed by atoms with Gasteiger partial charge in [0.2, 0.25) is 0 Å². The first-order valence-corrected chi connectivity index (χ1v) is 58.5. The molecule has 0 spiro atoms. The van der Waals surface area contributed by atoms with Gasteiger partial charge in [0.25, 0.3) is 0 Å². The Morgan fingerprint density at radius 2 is 0.508 bits per heavy atom. The average Bonchev–Trinajstić information content (AvgIpc) is 1.61. The Morgan fingerprint density at radius 3 is 0.769 bits per heavy atom. The molecule has 0 aliphatic carbocycles. The normalized spacial score (nSPS) is 23.6. The maximum atomic E-state index is 14.1. The van der Waals surface area contributed by atoms with Gasteiger partial charge in [-0.1, -0.05) is 474 Å². The number of carbonyl (C=O) groups excluding carboxylic acids is 1. The van der Waals surface area contributed by atoms with Gasteiger partial charge >= 0.3 is 5.97 Å². The van der Waals surface area contributed by atoms with Crippen LogP contribution in [-0.2, 0) is 33.2 Å². The second-order valence-electron chi connectivity index (χ2n) is 51.9. The second kappa shape index (κ2) is 66.8. The summed E-state index contributed by atoms with van der Waals surface area (Å²) in [7, 11) is 0. The molecule has 8 unspecified atom stereocenters. The predicted octanol–water partition coefficient (Wildman–Crippen LogP) is 38.4. The van der Waals surface area contributed by atoms with E-state index >= 15 is 0 Å². The molecule has 130 heavy (non-hydrogen) atoms. The molecule has 0 amide bonds. The highest BCUT2D eigenvalue weighted by Crippen LogP contribution is 2.51. The van der Waals surface area contributed by atoms with Gasteiger partial charge in [-0.2, -0.15) is 0 Å². The molecule has 1 N–H and O–H groups in total. The van der Waals surface area contributed by atoms with Crippen LogP contribution in [0.5, 0.6) is 0 Å². The Morgan fingerprint density at radius 1 is 0.292 bits per heavy atom. The highest BCUT2D eigenvalue weighted by molar-refractivity contribution is 5.66. The molecule has 0 saturated carbocycles. The van der Waals surface area contributed by atoms with Crippen LogP contribution in [0.4, 0.5) is 0 Å². The van der Waals surface area contributed by atoms with E-state index in [9.17, 15) is 9.90 Å². The van der Waals surface area contributed by atoms with E-state index in [1.807, 2.05) is 0 Å². The first kappa shape index (κ1) is 123. The van der Waals surface area contributed by atoms with Crippen molar-refractivity contribution in [3.05, 3.63) is 0 Å². The van der Waals surface area contributed by atoms with Crippen molar-refractivity contribution in [2.24, 2.45) is 107 Å². The maximum absolute atomic E-state index is 14.1. The summed E-state index contributed by atoms with van der Waals surface area (Å²) >= 11 is 0. The Bertz CT molecular complexity index is 2720. The average molecular weight is 1830 g/mol. The Kier molecular flexibility index (Phi) is 63.4. The molecule has 0 radical (unpaired) electrons. The zero-order chi connectivity index (χ0) is 97.1. The SMILES string of the molecule is CC(=O)OC(CCC1OC1(C)CCC[C@H](C)CCC[C@H](C)CCCC(C)C)C(C)(CCC[C@H](C)CCC[C@H](C)CCCC(C)C)OC(C)(CCC[C@H](C)CCC[C@H](C)CCCC(C)C)[C@H]1CC[C@H](C(C)(CCC[C@H](C)CCC[C@H](C)CCCC(C)C)OC(C)(CCC[C@H](C)CCC[C@H](C)CCCC(C)C)[C@H]2CC[C@H](C(C)(O)CCC[C@H](C)CCC[C@H](C)CCCC(C)C)O2)O1. The molecule has 3 fully saturated rings. The van der Waals surface area contributed by atoms with Crippen LogP contribution in [0.2, 0.25) is 0 Å². The lowest BCUT2D eigenvalue weighted by Crippen LogP contribution is -2.56. The van der Waals surface area contributed by atoms with Crippen LogP contribution in [0.1, 0.15) is 600 Å². The minimum absolute atomic E-state index is 0.135. The Hall–Kier alpha value is -0.770. The fraction of sp³-hybridized carbons (Fsp3) is 0.992. The third-order valence-corrected chi connectivity index (χ3v) is 33.9. The van der Waals surface area contributed by atoms with E-state index in [4.69, 9.17) is 28.4 Å². The summed E-state index contributed by atoms with van der Waals surface area (Å²) in [6.45, 7) is 74.3. The van der Waals surface area contributed by atoms with Crippen molar-refractivity contribution in [3.63, 3.8) is 0 Å². The summed E-state index contributed by atoms with van der Waals surface area (Å²) < 4.78 is 46.3. The molecular weight excluding hydrogens is 1590 g/mol. The molecule has 3 aliphatic rings. The van der Waals surface area contributed by atoms with Gasteiger partial charge in [0, 0.05) is 6.92 Å². The lowest BCUT2D eigenvalue weighted by Gasteiger charge is -2.48. The smallest absolute Gasteiger partial charge is 0.303 e. The fourth-order valence-electron chi connectivity index (χ4n) is 24.0. The van der Waals surface area contributed by atoms with Crippen LogP contribution in [0.3, 0.4) is 0 Å². The van der Waals surface area contributed by atoms with Gasteiger partial charge in [0.1, 0.15) is 11.7 Å². The Balaban J connectivity index is 2.22. The molecule has 0 aromatic carbocycles. The summed E-state index contributed by atoms with van der Waals surface area (Å²) in [5, 5.41) is 12.8. The van der Waals surface area contributed by atoms with E-state index in [-0.39, 0.29) is 42.1 Å². The molecule has 0 bridgehead atoms. The molecule has 8 nitrogen and oxygen atoms in total. The number of esters is 1. The number of epoxide rings is 1. The van der Waals surface area contributed by atoms with Crippen LogP contribution in [-0.4, -0.2) is 81.3 Å². The van der Waals surface area contributed by atoms with Crippen molar-refractivity contribution < 1.29 is 38.3 Å². The van der Waals surface area contributed by atoms with Gasteiger partial charge in [0.05, 0.1) is 58.5 Å². The molecule has 24 atom stereocenters. The summed E-state index contributed by atoms with van der Waals surface area (Å²) in [6, 6.07) is 0. The first-order chi connectivity index (χ1) is 61.2. The van der Waals surface area contributed by atoms with Gasteiger partial charge in [0.15, 0.2) is 0 Å². The van der Waals surface area contributed by atoms with Crippen molar-refractivity contribution in [2.45, 2.75) is 670 Å². The van der Waals surface area contributed by atoms with Gasteiger partial charge in [-0.25, -0.2) is 0 Å². The van der Waals surface area contributed by atoms with Crippen LogP contribution < -0.4 is 0 Å². The fourth-order valence-corrected chi connectivity index (χ4v) is 24.0. The van der Waals surface area contributed by atoms with Crippen molar-refractivity contribution in [2.75, 3.05) is 0 Å². The number of rotatable bonds is 85. The second-order valence-corrected chi connectivity index (χ2v) is 51.9. The molecule has 0 aromatic heterocycles. The topological polar surface area (TPSA) is 96.0 Å². The van der Waals surface area contributed by atoms with E-state index in [2.05, 4.69) is 208 Å². The number of ether oxygens (including phenoxy) is 6. The zero-order valence-electron chi connectivity index (χ0n) is 94.1. The van der Waals surface area contributed by atoms with Gasteiger partial charge in [-0.05, 0) is 225 Å². The summed E-state index contributed by atoms with van der Waals surface area (Å²) in [5.74, 6) is 13.0. The van der Waals surface area contributed by atoms with Crippen LogP contribution in [0.25, 0.3) is 0 Å². The molecule has 3 aliphatic heterocycles. The number of hydrogen-bond donors (Lipinski definition) is 1. The molecule has 3 saturated heterocycles. The number of carbonyl (C=O) groups is 1. The third-order valence-electron chi connectivity index (χ3n) is 33.9. The highest BCUT2D eigenvalue weighted by Gasteiger charge is 2.57. The lowest BCUT2D eigenvalue weighted by atomic mass is 9.82. The zero-order valence-corrected chi connectivity index (χ0v) is 94.1. The van der Waals surface area contributed by atoms with E-state index in [0.29, 0.717) is 36.0 Å². The van der Waals surface area contributed by atoms with Crippen molar-refractivity contribution >= 4 is 5.97 Å². The van der Waals surface area contributed by atoms with Crippen LogP contribution >= 0.6 is 0 Å². The quantitative estimate of drug-likeness (QED) is 0.0475. The van der Waals surface area contributed by atoms with Gasteiger partial charge in [-0.3, -0.25) is 4.79 Å². The molecule has 3 rings (SSSR count). The Labute approximate surface area is 816 Å². The van der Waals surface area contributed by atoms with E-state index in [1.54, 1.807) is 6.92 Å². The lowest BCUT2D eigenvalue weighted by molar-refractivity contribution is -0.264.